The molecule has 11 heteroatoms. The van der Waals surface area contributed by atoms with E-state index < -0.39 is 12.7 Å². The van der Waals surface area contributed by atoms with Crippen molar-refractivity contribution in [3.8, 4) is 17.1 Å². The quantitative estimate of drug-likeness (QED) is 0.322. The van der Waals surface area contributed by atoms with Crippen LogP contribution >= 0.6 is 39.3 Å². The Balaban J connectivity index is 1.70. The molecule has 1 aromatic carbocycles. The van der Waals surface area contributed by atoms with Crippen LogP contribution in [0.4, 0.5) is 13.2 Å². The number of halogens is 5. The Morgan fingerprint density at radius 1 is 1.14 bits per heavy atom. The van der Waals surface area contributed by atoms with Crippen molar-refractivity contribution >= 4 is 39.3 Å². The Kier molecular flexibility index (Phi) is 6.84. The van der Waals surface area contributed by atoms with E-state index in [9.17, 15) is 13.2 Å². The van der Waals surface area contributed by atoms with Crippen LogP contribution in [0.2, 0.25) is 5.02 Å². The number of thioether (sulfide) groups is 1. The second kappa shape index (κ2) is 9.15. The standard InChI is InChI=1S/C17H13BrClF3N4OS/c18-13-9-12(19)1-2-14(13)27-7-8-28-16-25-24-15(11-3-5-23-6-4-11)26(16)10-17(20,21)22/h1-6,9H,7-8,10H2. The molecule has 0 unspecified atom stereocenters. The Labute approximate surface area is 176 Å². The van der Waals surface area contributed by atoms with E-state index in [0.29, 0.717) is 26.6 Å². The highest BCUT2D eigenvalue weighted by molar-refractivity contribution is 9.10. The van der Waals surface area contributed by atoms with Crippen molar-refractivity contribution in [3.63, 3.8) is 0 Å². The molecule has 0 aliphatic carbocycles. The molecule has 0 fully saturated rings. The first-order valence-electron chi connectivity index (χ1n) is 7.94. The Bertz CT molecular complexity index is 940. The van der Waals surface area contributed by atoms with Crippen molar-refractivity contribution in [2.45, 2.75) is 17.9 Å². The fourth-order valence-corrected chi connectivity index (χ4v) is 3.86. The minimum Gasteiger partial charge on any atom is -0.492 e. The zero-order valence-corrected chi connectivity index (χ0v) is 17.3. The molecule has 28 heavy (non-hydrogen) atoms. The van der Waals surface area contributed by atoms with Gasteiger partial charge >= 0.3 is 6.18 Å². The van der Waals surface area contributed by atoms with Crippen LogP contribution in [0.3, 0.4) is 0 Å². The van der Waals surface area contributed by atoms with E-state index >= 15 is 0 Å². The number of aromatic nitrogens is 4. The van der Waals surface area contributed by atoms with Gasteiger partial charge in [0.1, 0.15) is 12.3 Å². The van der Waals surface area contributed by atoms with Crippen LogP contribution in [0.25, 0.3) is 11.4 Å². The third-order valence-corrected chi connectivity index (χ3v) is 5.24. The van der Waals surface area contributed by atoms with Gasteiger partial charge in [-0.3, -0.25) is 9.55 Å². The third-order valence-electron chi connectivity index (χ3n) is 3.46. The van der Waals surface area contributed by atoms with E-state index in [-0.39, 0.29) is 17.6 Å². The van der Waals surface area contributed by atoms with E-state index in [4.69, 9.17) is 16.3 Å². The van der Waals surface area contributed by atoms with Gasteiger partial charge in [-0.1, -0.05) is 23.4 Å². The summed E-state index contributed by atoms with van der Waals surface area (Å²) in [6.45, 7) is -0.905. The fourth-order valence-electron chi connectivity index (χ4n) is 2.31. The minimum absolute atomic E-state index is 0.142. The van der Waals surface area contributed by atoms with Crippen LogP contribution in [0.1, 0.15) is 0 Å². The number of benzene rings is 1. The summed E-state index contributed by atoms with van der Waals surface area (Å²) in [5.74, 6) is 1.13. The SMILES string of the molecule is FC(F)(F)Cn1c(SCCOc2ccc(Cl)cc2Br)nnc1-c1ccncc1. The molecule has 0 saturated carbocycles. The molecule has 0 bridgehead atoms. The number of hydrogen-bond donors (Lipinski definition) is 0. The summed E-state index contributed by atoms with van der Waals surface area (Å²) in [7, 11) is 0. The summed E-state index contributed by atoms with van der Waals surface area (Å²) in [5.41, 5.74) is 0.514. The van der Waals surface area contributed by atoms with Gasteiger partial charge in [-0.25, -0.2) is 0 Å². The molecular formula is C17H13BrClF3N4OS. The number of rotatable bonds is 7. The predicted octanol–water partition coefficient (Wildman–Crippen LogP) is 5.49. The van der Waals surface area contributed by atoms with Crippen LogP contribution in [-0.4, -0.2) is 38.3 Å². The number of alkyl halides is 3. The van der Waals surface area contributed by atoms with Gasteiger partial charge in [0.25, 0.3) is 0 Å². The molecule has 0 aliphatic rings. The maximum absolute atomic E-state index is 13.0. The Hall–Kier alpha value is -1.78. The lowest BCUT2D eigenvalue weighted by Gasteiger charge is -2.13. The van der Waals surface area contributed by atoms with Gasteiger partial charge in [0.15, 0.2) is 11.0 Å². The van der Waals surface area contributed by atoms with E-state index in [1.807, 2.05) is 0 Å². The summed E-state index contributed by atoms with van der Waals surface area (Å²) in [6.07, 6.45) is -1.41. The third kappa shape index (κ3) is 5.62. The lowest BCUT2D eigenvalue weighted by Crippen LogP contribution is -2.19. The highest BCUT2D eigenvalue weighted by Crippen LogP contribution is 2.30. The normalized spacial score (nSPS) is 11.6. The van der Waals surface area contributed by atoms with Gasteiger partial charge in [0.05, 0.1) is 11.1 Å². The van der Waals surface area contributed by atoms with Crippen molar-refractivity contribution in [1.29, 1.82) is 0 Å². The second-order valence-electron chi connectivity index (χ2n) is 5.52. The van der Waals surface area contributed by atoms with E-state index in [1.54, 1.807) is 30.3 Å². The van der Waals surface area contributed by atoms with Crippen LogP contribution in [0.5, 0.6) is 5.75 Å². The first-order chi connectivity index (χ1) is 13.3. The molecule has 0 radical (unpaired) electrons. The molecule has 3 rings (SSSR count). The van der Waals surface area contributed by atoms with Crippen molar-refractivity contribution in [2.24, 2.45) is 0 Å². The molecule has 0 N–H and O–H groups in total. The van der Waals surface area contributed by atoms with Crippen LogP contribution in [-0.2, 0) is 6.54 Å². The van der Waals surface area contributed by atoms with Crippen LogP contribution < -0.4 is 4.74 Å². The zero-order valence-electron chi connectivity index (χ0n) is 14.2. The Morgan fingerprint density at radius 3 is 2.57 bits per heavy atom. The molecule has 0 atom stereocenters. The minimum atomic E-state index is -4.40. The molecule has 0 spiro atoms. The fraction of sp³-hybridized carbons (Fsp3) is 0.235. The number of ether oxygens (including phenoxy) is 1. The molecule has 3 aromatic rings. The summed E-state index contributed by atoms with van der Waals surface area (Å²) in [6, 6.07) is 8.28. The monoisotopic (exact) mass is 492 g/mol. The van der Waals surface area contributed by atoms with Gasteiger partial charge in [-0.05, 0) is 46.3 Å². The van der Waals surface area contributed by atoms with Crippen molar-refractivity contribution < 1.29 is 17.9 Å². The summed E-state index contributed by atoms with van der Waals surface area (Å²) >= 11 is 10.4. The highest BCUT2D eigenvalue weighted by Gasteiger charge is 2.31. The number of pyridine rings is 1. The molecule has 2 heterocycles. The maximum atomic E-state index is 13.0. The van der Waals surface area contributed by atoms with E-state index in [1.165, 1.54) is 12.4 Å². The maximum Gasteiger partial charge on any atom is 0.406 e. The first kappa shape index (κ1) is 20.9. The summed E-state index contributed by atoms with van der Waals surface area (Å²) in [5, 5.41) is 8.59. The molecule has 0 amide bonds. The average molecular weight is 494 g/mol. The zero-order chi connectivity index (χ0) is 20.1. The van der Waals surface area contributed by atoms with Gasteiger partial charge in [0, 0.05) is 28.7 Å². The van der Waals surface area contributed by atoms with Crippen LogP contribution in [0, 0.1) is 0 Å². The number of hydrogen-bond acceptors (Lipinski definition) is 5. The van der Waals surface area contributed by atoms with Gasteiger partial charge in [-0.15, -0.1) is 10.2 Å². The first-order valence-corrected chi connectivity index (χ1v) is 10.1. The van der Waals surface area contributed by atoms with Crippen molar-refractivity contribution in [2.75, 3.05) is 12.4 Å². The largest absolute Gasteiger partial charge is 0.492 e. The van der Waals surface area contributed by atoms with E-state index in [0.717, 1.165) is 16.3 Å². The lowest BCUT2D eigenvalue weighted by atomic mass is 10.2. The molecular weight excluding hydrogens is 481 g/mol. The molecule has 0 aliphatic heterocycles. The van der Waals surface area contributed by atoms with E-state index in [2.05, 4.69) is 31.1 Å². The lowest BCUT2D eigenvalue weighted by molar-refractivity contribution is -0.141. The predicted molar refractivity (Wildman–Crippen MR) is 105 cm³/mol. The second-order valence-corrected chi connectivity index (χ2v) is 7.87. The van der Waals surface area contributed by atoms with Crippen molar-refractivity contribution in [1.82, 2.24) is 19.7 Å². The molecule has 5 nitrogen and oxygen atoms in total. The summed E-state index contributed by atoms with van der Waals surface area (Å²) < 4.78 is 46.5. The molecule has 148 valence electrons. The van der Waals surface area contributed by atoms with Crippen LogP contribution in [0.15, 0.2) is 52.4 Å². The average Bonchev–Trinajstić information content (AvgIpc) is 3.01. The highest BCUT2D eigenvalue weighted by atomic mass is 79.9. The van der Waals surface area contributed by atoms with Gasteiger partial charge in [0.2, 0.25) is 0 Å². The topological polar surface area (TPSA) is 52.8 Å². The van der Waals surface area contributed by atoms with Crippen molar-refractivity contribution in [3.05, 3.63) is 52.2 Å². The smallest absolute Gasteiger partial charge is 0.406 e. The van der Waals surface area contributed by atoms with Gasteiger partial charge in [-0.2, -0.15) is 13.2 Å². The van der Waals surface area contributed by atoms with Gasteiger partial charge < -0.3 is 4.74 Å². The molecule has 2 aromatic heterocycles. The molecule has 0 saturated heterocycles. The summed E-state index contributed by atoms with van der Waals surface area (Å²) in [4.78, 5) is 3.87. The Morgan fingerprint density at radius 2 is 1.89 bits per heavy atom. The number of nitrogens with zero attached hydrogens (tertiary/aromatic N) is 4.